The molecule has 0 spiro atoms. The molecule has 2 aliphatic heterocycles. The minimum absolute atomic E-state index is 0.103. The monoisotopic (exact) mass is 474 g/mol. The van der Waals surface area contributed by atoms with Crippen molar-refractivity contribution in [3.05, 3.63) is 57.6 Å². The van der Waals surface area contributed by atoms with Gasteiger partial charge in [0.2, 0.25) is 0 Å². The van der Waals surface area contributed by atoms with E-state index in [0.717, 1.165) is 40.2 Å². The summed E-state index contributed by atoms with van der Waals surface area (Å²) in [7, 11) is 0. The Morgan fingerprint density at radius 3 is 2.67 bits per heavy atom. The molecule has 1 aliphatic carbocycles. The maximum Gasteiger partial charge on any atom is 0.141 e. The van der Waals surface area contributed by atoms with Crippen molar-refractivity contribution in [2.45, 2.75) is 62.9 Å². The lowest BCUT2D eigenvalue weighted by Gasteiger charge is -2.33. The third kappa shape index (κ3) is 5.47. The first kappa shape index (κ1) is 22.9. The van der Waals surface area contributed by atoms with Crippen LogP contribution in [0, 0.1) is 0 Å². The lowest BCUT2D eigenvalue weighted by molar-refractivity contribution is -0.114. The van der Waals surface area contributed by atoms with E-state index in [4.69, 9.17) is 30.5 Å². The van der Waals surface area contributed by atoms with Crippen LogP contribution in [-0.4, -0.2) is 55.0 Å². The summed E-state index contributed by atoms with van der Waals surface area (Å²) in [4.78, 5) is 0. The smallest absolute Gasteiger partial charge is 0.141 e. The number of aliphatic hydroxyl groups is 2. The van der Waals surface area contributed by atoms with Crippen molar-refractivity contribution in [1.82, 2.24) is 0 Å². The first-order chi connectivity index (χ1) is 16.1. The predicted molar refractivity (Wildman–Crippen MR) is 124 cm³/mol. The van der Waals surface area contributed by atoms with Gasteiger partial charge >= 0.3 is 0 Å². The summed E-state index contributed by atoms with van der Waals surface area (Å²) < 4.78 is 23.4. The summed E-state index contributed by atoms with van der Waals surface area (Å²) in [5.74, 6) is 1.55. The van der Waals surface area contributed by atoms with Gasteiger partial charge in [-0.15, -0.1) is 0 Å². The molecule has 1 saturated carbocycles. The minimum Gasteiger partial charge on any atom is -0.491 e. The second-order valence-electron chi connectivity index (χ2n) is 9.14. The molecule has 2 aromatic rings. The summed E-state index contributed by atoms with van der Waals surface area (Å²) in [6.07, 6.45) is 3.99. The number of hydrogen-bond acceptors (Lipinski definition) is 6. The molecule has 2 aromatic carbocycles. The molecular formula is C26H31ClO6. The van der Waals surface area contributed by atoms with Crippen molar-refractivity contribution < 1.29 is 29.2 Å². The fourth-order valence-electron chi connectivity index (χ4n) is 4.67. The van der Waals surface area contributed by atoms with Gasteiger partial charge in [0, 0.05) is 24.8 Å². The molecule has 0 amide bonds. The predicted octanol–water partition coefficient (Wildman–Crippen LogP) is 4.00. The fraction of sp³-hybridized carbons (Fsp3) is 0.538. The summed E-state index contributed by atoms with van der Waals surface area (Å²) >= 11 is 6.75. The molecule has 5 rings (SSSR count). The highest BCUT2D eigenvalue weighted by Crippen LogP contribution is 2.44. The van der Waals surface area contributed by atoms with Crippen LogP contribution in [0.3, 0.4) is 0 Å². The minimum atomic E-state index is -0.500. The van der Waals surface area contributed by atoms with E-state index in [0.29, 0.717) is 50.2 Å². The lowest BCUT2D eigenvalue weighted by Crippen LogP contribution is -2.33. The molecule has 2 N–H and O–H groups in total. The molecule has 33 heavy (non-hydrogen) atoms. The number of ether oxygens (including phenoxy) is 4. The largest absolute Gasteiger partial charge is 0.491 e. The van der Waals surface area contributed by atoms with Crippen molar-refractivity contribution in [3.8, 4) is 11.5 Å². The first-order valence-corrected chi connectivity index (χ1v) is 12.2. The Hall–Kier alpha value is -1.83. The van der Waals surface area contributed by atoms with Gasteiger partial charge in [-0.2, -0.15) is 0 Å². The number of fused-ring (bicyclic) bond motifs is 1. The van der Waals surface area contributed by atoms with E-state index in [1.54, 1.807) is 0 Å². The second kappa shape index (κ2) is 10.2. The molecule has 0 radical (unpaired) electrons. The van der Waals surface area contributed by atoms with Crippen LogP contribution >= 0.6 is 11.6 Å². The molecule has 1 saturated heterocycles. The average molecular weight is 475 g/mol. The number of benzene rings is 2. The molecule has 0 aromatic heterocycles. The Balaban J connectivity index is 1.31. The fourth-order valence-corrected chi connectivity index (χ4v) is 4.96. The van der Waals surface area contributed by atoms with Gasteiger partial charge in [0.1, 0.15) is 18.1 Å². The van der Waals surface area contributed by atoms with Crippen LogP contribution in [0.25, 0.3) is 0 Å². The van der Waals surface area contributed by atoms with Crippen molar-refractivity contribution >= 4 is 11.6 Å². The maximum atomic E-state index is 10.3. The topological polar surface area (TPSA) is 77.4 Å². The van der Waals surface area contributed by atoms with Gasteiger partial charge in [-0.05, 0) is 48.1 Å². The molecular weight excluding hydrogens is 444 g/mol. The number of halogens is 1. The van der Waals surface area contributed by atoms with E-state index in [-0.39, 0.29) is 18.8 Å². The Bertz CT molecular complexity index is 958. The van der Waals surface area contributed by atoms with Crippen LogP contribution in [0.2, 0.25) is 5.02 Å². The quantitative estimate of drug-likeness (QED) is 0.535. The molecule has 3 aliphatic rings. The van der Waals surface area contributed by atoms with Crippen molar-refractivity contribution in [2.24, 2.45) is 0 Å². The molecule has 3 atom stereocenters. The Kier molecular flexibility index (Phi) is 7.09. The number of rotatable bonds is 9. The lowest BCUT2D eigenvalue weighted by atomic mass is 9.89. The van der Waals surface area contributed by atoms with Crippen LogP contribution in [0.1, 0.15) is 54.0 Å². The third-order valence-electron chi connectivity index (χ3n) is 6.51. The normalized spacial score (nSPS) is 24.4. The van der Waals surface area contributed by atoms with Crippen LogP contribution < -0.4 is 9.47 Å². The molecule has 2 heterocycles. The highest BCUT2D eigenvalue weighted by Gasteiger charge is 2.33. The molecule has 6 nitrogen and oxygen atoms in total. The average Bonchev–Trinajstić information content (AvgIpc) is 3.52. The summed E-state index contributed by atoms with van der Waals surface area (Å²) in [6, 6.07) is 10.1. The summed E-state index contributed by atoms with van der Waals surface area (Å²) in [6.45, 7) is 1.65. The van der Waals surface area contributed by atoms with Crippen molar-refractivity contribution in [1.29, 1.82) is 0 Å². The van der Waals surface area contributed by atoms with E-state index < -0.39 is 6.10 Å². The summed E-state index contributed by atoms with van der Waals surface area (Å²) in [5.41, 5.74) is 4.13. The van der Waals surface area contributed by atoms with Gasteiger partial charge in [-0.25, -0.2) is 0 Å². The van der Waals surface area contributed by atoms with Gasteiger partial charge in [0.05, 0.1) is 49.3 Å². The van der Waals surface area contributed by atoms with Gasteiger partial charge in [0.15, 0.2) is 0 Å². The van der Waals surface area contributed by atoms with Crippen molar-refractivity contribution in [2.75, 3.05) is 26.4 Å². The van der Waals surface area contributed by atoms with Crippen LogP contribution in [-0.2, 0) is 22.3 Å². The van der Waals surface area contributed by atoms with Crippen LogP contribution in [0.4, 0.5) is 0 Å². The SMILES string of the molecule is OC[C@@H]1CC(O)C[C@H](c2cc(Cc3ccc(OCCOC4CC4)cc3)c(Cl)c3c2CCO3)O1. The van der Waals surface area contributed by atoms with Gasteiger partial charge < -0.3 is 29.2 Å². The van der Waals surface area contributed by atoms with Crippen LogP contribution in [0.15, 0.2) is 30.3 Å². The summed E-state index contributed by atoms with van der Waals surface area (Å²) in [5, 5.41) is 20.5. The zero-order valence-corrected chi connectivity index (χ0v) is 19.4. The molecule has 178 valence electrons. The third-order valence-corrected chi connectivity index (χ3v) is 6.92. The Morgan fingerprint density at radius 2 is 1.91 bits per heavy atom. The second-order valence-corrected chi connectivity index (χ2v) is 9.52. The standard InChI is InChI=1S/C26H31ClO6/c27-25-17(11-16-1-3-19(4-2-16)30-9-10-31-20-5-6-20)12-23(22-7-8-32-26(22)25)24-14-18(29)13-21(15-28)33-24/h1-4,12,18,20-21,24,28-29H,5-11,13-15H2/t18?,21-,24+/m0/s1. The van der Waals surface area contributed by atoms with E-state index in [2.05, 4.69) is 6.07 Å². The Morgan fingerprint density at radius 1 is 1.09 bits per heavy atom. The molecule has 1 unspecified atom stereocenters. The Labute approximate surface area is 199 Å². The molecule has 0 bridgehead atoms. The highest BCUT2D eigenvalue weighted by molar-refractivity contribution is 6.33. The number of aliphatic hydroxyl groups excluding tert-OH is 2. The van der Waals surface area contributed by atoms with Gasteiger partial charge in [0.25, 0.3) is 0 Å². The first-order valence-electron chi connectivity index (χ1n) is 11.9. The number of hydrogen-bond donors (Lipinski definition) is 2. The zero-order valence-electron chi connectivity index (χ0n) is 18.7. The zero-order chi connectivity index (χ0) is 22.8. The maximum absolute atomic E-state index is 10.3. The van der Waals surface area contributed by atoms with E-state index >= 15 is 0 Å². The molecule has 2 fully saturated rings. The van der Waals surface area contributed by atoms with Crippen LogP contribution in [0.5, 0.6) is 11.5 Å². The van der Waals surface area contributed by atoms with E-state index in [1.807, 2.05) is 24.3 Å². The van der Waals surface area contributed by atoms with Crippen molar-refractivity contribution in [3.63, 3.8) is 0 Å². The van der Waals surface area contributed by atoms with Gasteiger partial charge in [-0.1, -0.05) is 29.8 Å². The van der Waals surface area contributed by atoms with Gasteiger partial charge in [-0.3, -0.25) is 0 Å². The van der Waals surface area contributed by atoms with E-state index in [9.17, 15) is 10.2 Å². The highest BCUT2D eigenvalue weighted by atomic mass is 35.5. The van der Waals surface area contributed by atoms with E-state index in [1.165, 1.54) is 12.8 Å². The molecule has 7 heteroatoms.